The Morgan fingerprint density at radius 1 is 1.42 bits per heavy atom. The number of allylic oxidation sites excluding steroid dienone is 1. The van der Waals surface area contributed by atoms with Crippen molar-refractivity contribution >= 4 is 0 Å². The SMILES string of the molecule is C=C(C)CCc1nnc([C@H]2C[C@@H](OC(F)(F)F)C2)o1. The molecular weight excluding hydrogens is 261 g/mol. The van der Waals surface area contributed by atoms with E-state index in [0.717, 1.165) is 12.0 Å². The lowest BCUT2D eigenvalue weighted by Gasteiger charge is -2.32. The standard InChI is InChI=1S/C12H15F3N2O2/c1-7(2)3-4-10-16-17-11(18-10)8-5-9(6-8)19-12(13,14)15/h8-9H,1,3-6H2,2H3/t8-,9+. The number of hydrogen-bond acceptors (Lipinski definition) is 4. The quantitative estimate of drug-likeness (QED) is 0.774. The van der Waals surface area contributed by atoms with Gasteiger partial charge in [-0.2, -0.15) is 0 Å². The Balaban J connectivity index is 1.80. The predicted molar refractivity (Wildman–Crippen MR) is 60.3 cm³/mol. The second-order valence-electron chi connectivity index (χ2n) is 4.85. The fraction of sp³-hybridized carbons (Fsp3) is 0.667. The maximum Gasteiger partial charge on any atom is 0.522 e. The van der Waals surface area contributed by atoms with E-state index in [4.69, 9.17) is 4.42 Å². The van der Waals surface area contributed by atoms with Gasteiger partial charge < -0.3 is 4.42 Å². The van der Waals surface area contributed by atoms with Crippen LogP contribution in [0.1, 0.15) is 43.9 Å². The van der Waals surface area contributed by atoms with Gasteiger partial charge in [0.05, 0.1) is 6.10 Å². The van der Waals surface area contributed by atoms with E-state index in [1.807, 2.05) is 6.92 Å². The topological polar surface area (TPSA) is 48.2 Å². The Morgan fingerprint density at radius 3 is 2.68 bits per heavy atom. The summed E-state index contributed by atoms with van der Waals surface area (Å²) in [5.74, 6) is 0.773. The molecule has 0 spiro atoms. The van der Waals surface area contributed by atoms with Crippen molar-refractivity contribution in [1.82, 2.24) is 10.2 Å². The van der Waals surface area contributed by atoms with Crippen molar-refractivity contribution in [2.24, 2.45) is 0 Å². The minimum absolute atomic E-state index is 0.126. The van der Waals surface area contributed by atoms with E-state index in [9.17, 15) is 13.2 Å². The third-order valence-electron chi connectivity index (χ3n) is 2.99. The molecule has 1 heterocycles. The van der Waals surface area contributed by atoms with Gasteiger partial charge >= 0.3 is 6.36 Å². The third-order valence-corrected chi connectivity index (χ3v) is 2.99. The molecule has 0 radical (unpaired) electrons. The zero-order chi connectivity index (χ0) is 14.0. The molecule has 0 saturated heterocycles. The summed E-state index contributed by atoms with van der Waals surface area (Å²) in [4.78, 5) is 0. The van der Waals surface area contributed by atoms with Crippen LogP contribution in [0.4, 0.5) is 13.2 Å². The number of alkyl halides is 3. The van der Waals surface area contributed by atoms with Crippen LogP contribution in [0.15, 0.2) is 16.6 Å². The summed E-state index contributed by atoms with van der Waals surface area (Å²) in [5.41, 5.74) is 1.02. The van der Waals surface area contributed by atoms with Crippen LogP contribution in [0.3, 0.4) is 0 Å². The van der Waals surface area contributed by atoms with Gasteiger partial charge in [0, 0.05) is 12.3 Å². The highest BCUT2D eigenvalue weighted by molar-refractivity contribution is 5.01. The molecule has 106 valence electrons. The van der Waals surface area contributed by atoms with Crippen LogP contribution in [0.5, 0.6) is 0 Å². The van der Waals surface area contributed by atoms with E-state index >= 15 is 0 Å². The normalized spacial score (nSPS) is 23.2. The number of aromatic nitrogens is 2. The summed E-state index contributed by atoms with van der Waals surface area (Å²) in [6.45, 7) is 5.68. The van der Waals surface area contributed by atoms with Gasteiger partial charge in [0.1, 0.15) is 0 Å². The molecule has 1 fully saturated rings. The molecule has 0 aliphatic heterocycles. The molecule has 0 atom stereocenters. The summed E-state index contributed by atoms with van der Waals surface area (Å²) in [6, 6.07) is 0. The first-order valence-electron chi connectivity index (χ1n) is 6.04. The summed E-state index contributed by atoms with van der Waals surface area (Å²) in [5, 5.41) is 7.73. The Kier molecular flexibility index (Phi) is 3.93. The van der Waals surface area contributed by atoms with Gasteiger partial charge in [0.2, 0.25) is 11.8 Å². The molecule has 1 aromatic heterocycles. The predicted octanol–water partition coefficient (Wildman–Crippen LogP) is 3.36. The largest absolute Gasteiger partial charge is 0.522 e. The monoisotopic (exact) mass is 276 g/mol. The van der Waals surface area contributed by atoms with E-state index in [1.54, 1.807) is 0 Å². The van der Waals surface area contributed by atoms with E-state index in [0.29, 0.717) is 18.2 Å². The number of nitrogens with zero attached hydrogens (tertiary/aromatic N) is 2. The van der Waals surface area contributed by atoms with Crippen molar-refractivity contribution in [3.8, 4) is 0 Å². The minimum Gasteiger partial charge on any atom is -0.425 e. The van der Waals surface area contributed by atoms with Gasteiger partial charge in [0.25, 0.3) is 0 Å². The average molecular weight is 276 g/mol. The Labute approximate surface area is 108 Å². The molecule has 0 bridgehead atoms. The molecule has 1 saturated carbocycles. The maximum absolute atomic E-state index is 12.0. The Morgan fingerprint density at radius 2 is 2.11 bits per heavy atom. The fourth-order valence-electron chi connectivity index (χ4n) is 1.91. The van der Waals surface area contributed by atoms with Gasteiger partial charge in [-0.25, -0.2) is 0 Å². The lowest BCUT2D eigenvalue weighted by atomic mass is 9.82. The number of ether oxygens (including phenoxy) is 1. The molecule has 2 rings (SSSR count). The van der Waals surface area contributed by atoms with Crippen molar-refractivity contribution in [2.45, 2.75) is 51.0 Å². The molecular formula is C12H15F3N2O2. The molecule has 19 heavy (non-hydrogen) atoms. The van der Waals surface area contributed by atoms with Crippen molar-refractivity contribution < 1.29 is 22.3 Å². The molecule has 1 aliphatic rings. The smallest absolute Gasteiger partial charge is 0.425 e. The summed E-state index contributed by atoms with van der Waals surface area (Å²) < 4.78 is 45.2. The van der Waals surface area contributed by atoms with Crippen LogP contribution in [0, 0.1) is 0 Å². The number of halogens is 3. The lowest BCUT2D eigenvalue weighted by Crippen LogP contribution is -2.34. The van der Waals surface area contributed by atoms with Crippen molar-refractivity contribution in [2.75, 3.05) is 0 Å². The van der Waals surface area contributed by atoms with Gasteiger partial charge in [-0.3, -0.25) is 4.74 Å². The van der Waals surface area contributed by atoms with Crippen molar-refractivity contribution in [3.05, 3.63) is 23.9 Å². The summed E-state index contributed by atoms with van der Waals surface area (Å²) in [7, 11) is 0. The van der Waals surface area contributed by atoms with Gasteiger partial charge in [-0.05, 0) is 26.2 Å². The van der Waals surface area contributed by atoms with Gasteiger partial charge in [0.15, 0.2) is 0 Å². The minimum atomic E-state index is -4.57. The van der Waals surface area contributed by atoms with Gasteiger partial charge in [-0.1, -0.05) is 5.57 Å². The second-order valence-corrected chi connectivity index (χ2v) is 4.85. The first-order valence-corrected chi connectivity index (χ1v) is 6.04. The fourth-order valence-corrected chi connectivity index (χ4v) is 1.91. The summed E-state index contributed by atoms with van der Waals surface area (Å²) >= 11 is 0. The second kappa shape index (κ2) is 5.32. The zero-order valence-electron chi connectivity index (χ0n) is 10.5. The zero-order valence-corrected chi connectivity index (χ0v) is 10.5. The highest BCUT2D eigenvalue weighted by atomic mass is 19.4. The highest BCUT2D eigenvalue weighted by Crippen LogP contribution is 2.40. The van der Waals surface area contributed by atoms with Crippen LogP contribution in [-0.2, 0) is 11.2 Å². The molecule has 1 aromatic rings. The molecule has 4 nitrogen and oxygen atoms in total. The Hall–Kier alpha value is -1.37. The number of rotatable bonds is 5. The molecule has 0 aromatic carbocycles. The van der Waals surface area contributed by atoms with Crippen LogP contribution < -0.4 is 0 Å². The third kappa shape index (κ3) is 4.05. The van der Waals surface area contributed by atoms with Crippen molar-refractivity contribution in [3.63, 3.8) is 0 Å². The molecule has 0 amide bonds. The van der Waals surface area contributed by atoms with Crippen LogP contribution in [0.25, 0.3) is 0 Å². The average Bonchev–Trinajstić information content (AvgIpc) is 2.66. The van der Waals surface area contributed by atoms with Crippen LogP contribution in [-0.4, -0.2) is 22.7 Å². The van der Waals surface area contributed by atoms with E-state index in [1.165, 1.54) is 0 Å². The number of aryl methyl sites for hydroxylation is 1. The number of hydrogen-bond donors (Lipinski definition) is 0. The maximum atomic E-state index is 12.0. The van der Waals surface area contributed by atoms with Crippen LogP contribution in [0.2, 0.25) is 0 Å². The van der Waals surface area contributed by atoms with E-state index in [2.05, 4.69) is 21.5 Å². The molecule has 7 heteroatoms. The molecule has 0 N–H and O–H groups in total. The first kappa shape index (κ1) is 14.0. The highest BCUT2D eigenvalue weighted by Gasteiger charge is 2.42. The van der Waals surface area contributed by atoms with Crippen LogP contribution >= 0.6 is 0 Å². The van der Waals surface area contributed by atoms with E-state index < -0.39 is 12.5 Å². The summed E-state index contributed by atoms with van der Waals surface area (Å²) in [6.07, 6.45) is -3.47. The molecule has 1 aliphatic carbocycles. The lowest BCUT2D eigenvalue weighted by molar-refractivity contribution is -0.352. The first-order chi connectivity index (χ1) is 8.83. The van der Waals surface area contributed by atoms with Gasteiger partial charge in [-0.15, -0.1) is 29.9 Å². The van der Waals surface area contributed by atoms with Crippen molar-refractivity contribution in [1.29, 1.82) is 0 Å². The van der Waals surface area contributed by atoms with E-state index in [-0.39, 0.29) is 18.8 Å². The Bertz CT molecular complexity index is 450. The molecule has 0 unspecified atom stereocenters.